The Morgan fingerprint density at radius 1 is 1.07 bits per heavy atom. The lowest BCUT2D eigenvalue weighted by Gasteiger charge is -2.26. The van der Waals surface area contributed by atoms with Crippen molar-refractivity contribution in [2.45, 2.75) is 37.5 Å². The third-order valence-corrected chi connectivity index (χ3v) is 7.28. The van der Waals surface area contributed by atoms with Gasteiger partial charge in [0.1, 0.15) is 0 Å². The first-order valence-corrected chi connectivity index (χ1v) is 11.3. The molecule has 1 aliphatic heterocycles. The highest BCUT2D eigenvalue weighted by Gasteiger charge is 2.26. The summed E-state index contributed by atoms with van der Waals surface area (Å²) in [5, 5.41) is 3.72. The summed E-state index contributed by atoms with van der Waals surface area (Å²) in [6.45, 7) is 2.89. The van der Waals surface area contributed by atoms with Crippen molar-refractivity contribution in [2.24, 2.45) is 0 Å². The Hall–Kier alpha value is -1.60. The number of benzene rings is 2. The van der Waals surface area contributed by atoms with Gasteiger partial charge in [-0.1, -0.05) is 41.8 Å². The predicted octanol–water partition coefficient (Wildman–Crippen LogP) is 4.66. The third kappa shape index (κ3) is 4.87. The van der Waals surface area contributed by atoms with Crippen LogP contribution < -0.4 is 5.32 Å². The van der Waals surface area contributed by atoms with E-state index < -0.39 is 10.0 Å². The summed E-state index contributed by atoms with van der Waals surface area (Å²) < 4.78 is 27.3. The number of nitrogens with one attached hydrogen (secondary N) is 1. The topological polar surface area (TPSA) is 66.5 Å². The molecule has 1 N–H and O–H groups in total. The molecular formula is C20H22Cl2N2O3S. The average molecular weight is 441 g/mol. The van der Waals surface area contributed by atoms with Gasteiger partial charge in [0.05, 0.1) is 11.3 Å². The number of sulfonamides is 1. The largest absolute Gasteiger partial charge is 0.326 e. The van der Waals surface area contributed by atoms with Crippen LogP contribution in [0.1, 0.15) is 30.4 Å². The molecule has 1 fully saturated rings. The van der Waals surface area contributed by atoms with E-state index in [0.29, 0.717) is 34.4 Å². The molecule has 5 nitrogen and oxygen atoms in total. The molecule has 0 saturated carbocycles. The molecule has 0 atom stereocenters. The Labute approximate surface area is 175 Å². The smallest absolute Gasteiger partial charge is 0.243 e. The lowest BCUT2D eigenvalue weighted by Crippen LogP contribution is -2.35. The fourth-order valence-corrected chi connectivity index (χ4v) is 5.20. The summed E-state index contributed by atoms with van der Waals surface area (Å²) >= 11 is 12.0. The zero-order valence-corrected chi connectivity index (χ0v) is 17.9. The molecule has 8 heteroatoms. The number of rotatable bonds is 5. The summed E-state index contributed by atoms with van der Waals surface area (Å²) in [4.78, 5) is 12.7. The van der Waals surface area contributed by atoms with Crippen LogP contribution in [0.5, 0.6) is 0 Å². The van der Waals surface area contributed by atoms with Crippen LogP contribution >= 0.6 is 23.2 Å². The molecule has 1 saturated heterocycles. The summed E-state index contributed by atoms with van der Waals surface area (Å²) in [5.74, 6) is -0.278. The maximum atomic E-state index is 12.9. The van der Waals surface area contributed by atoms with Gasteiger partial charge in [0.25, 0.3) is 0 Å². The first kappa shape index (κ1) is 21.1. The molecule has 2 aromatic carbocycles. The van der Waals surface area contributed by atoms with E-state index in [0.717, 1.165) is 24.8 Å². The molecule has 0 aliphatic carbocycles. The van der Waals surface area contributed by atoms with Crippen molar-refractivity contribution in [1.82, 2.24) is 4.31 Å². The standard InChI is InChI=1S/C20H22Cl2N2O3S/c1-14-5-8-17(28(26,27)24-9-3-2-4-10-24)13-19(14)23-20(25)11-15-6-7-16(21)12-18(15)22/h5-8,12-13H,2-4,9-11H2,1H3,(H,23,25). The highest BCUT2D eigenvalue weighted by molar-refractivity contribution is 7.89. The molecule has 3 rings (SSSR count). The van der Waals surface area contributed by atoms with Crippen molar-refractivity contribution in [3.63, 3.8) is 0 Å². The van der Waals surface area contributed by atoms with Gasteiger partial charge >= 0.3 is 0 Å². The van der Waals surface area contributed by atoms with Crippen LogP contribution in [0.2, 0.25) is 10.0 Å². The van der Waals surface area contributed by atoms with Gasteiger partial charge in [-0.3, -0.25) is 4.79 Å². The molecule has 1 heterocycles. The fraction of sp³-hybridized carbons (Fsp3) is 0.350. The molecular weight excluding hydrogens is 419 g/mol. The van der Waals surface area contributed by atoms with Gasteiger partial charge in [0.15, 0.2) is 0 Å². The maximum Gasteiger partial charge on any atom is 0.243 e. The first-order chi connectivity index (χ1) is 13.3. The van der Waals surface area contributed by atoms with Crippen LogP contribution in [-0.4, -0.2) is 31.7 Å². The molecule has 1 aliphatic rings. The molecule has 0 aromatic heterocycles. The fourth-order valence-electron chi connectivity index (χ4n) is 3.18. The van der Waals surface area contributed by atoms with E-state index in [-0.39, 0.29) is 17.2 Å². The van der Waals surface area contributed by atoms with Crippen molar-refractivity contribution in [2.75, 3.05) is 18.4 Å². The molecule has 2 aromatic rings. The van der Waals surface area contributed by atoms with Gasteiger partial charge in [-0.15, -0.1) is 0 Å². The summed E-state index contributed by atoms with van der Waals surface area (Å²) in [5.41, 5.74) is 1.92. The predicted molar refractivity (Wildman–Crippen MR) is 113 cm³/mol. The van der Waals surface area contributed by atoms with E-state index in [4.69, 9.17) is 23.2 Å². The lowest BCUT2D eigenvalue weighted by molar-refractivity contribution is -0.115. The second kappa shape index (κ2) is 8.82. The lowest BCUT2D eigenvalue weighted by atomic mass is 10.1. The Bertz CT molecular complexity index is 987. The monoisotopic (exact) mass is 440 g/mol. The molecule has 28 heavy (non-hydrogen) atoms. The van der Waals surface area contributed by atoms with E-state index in [9.17, 15) is 13.2 Å². The molecule has 1 amide bonds. The first-order valence-electron chi connectivity index (χ1n) is 9.12. The maximum absolute atomic E-state index is 12.9. The van der Waals surface area contributed by atoms with Gasteiger partial charge in [0, 0.05) is 28.8 Å². The minimum absolute atomic E-state index is 0.0680. The molecule has 0 unspecified atom stereocenters. The number of hydrogen-bond acceptors (Lipinski definition) is 3. The van der Waals surface area contributed by atoms with Crippen LogP contribution in [0, 0.1) is 6.92 Å². The third-order valence-electron chi connectivity index (χ3n) is 4.80. The highest BCUT2D eigenvalue weighted by atomic mass is 35.5. The van der Waals surface area contributed by atoms with E-state index in [1.807, 2.05) is 6.92 Å². The van der Waals surface area contributed by atoms with Gasteiger partial charge in [-0.05, 0) is 55.2 Å². The molecule has 0 radical (unpaired) electrons. The number of piperidine rings is 1. The van der Waals surface area contributed by atoms with E-state index in [1.165, 1.54) is 10.4 Å². The quantitative estimate of drug-likeness (QED) is 0.734. The van der Waals surface area contributed by atoms with Crippen molar-refractivity contribution in [1.29, 1.82) is 0 Å². The number of anilines is 1. The molecule has 150 valence electrons. The zero-order chi connectivity index (χ0) is 20.3. The van der Waals surface area contributed by atoms with Crippen LogP contribution in [0.25, 0.3) is 0 Å². The Morgan fingerprint density at radius 3 is 2.46 bits per heavy atom. The van der Waals surface area contributed by atoms with Crippen molar-refractivity contribution < 1.29 is 13.2 Å². The van der Waals surface area contributed by atoms with Gasteiger partial charge in [0.2, 0.25) is 15.9 Å². The minimum Gasteiger partial charge on any atom is -0.326 e. The second-order valence-corrected chi connectivity index (χ2v) is 9.68. The minimum atomic E-state index is -3.56. The molecule has 0 spiro atoms. The van der Waals surface area contributed by atoms with E-state index >= 15 is 0 Å². The second-order valence-electron chi connectivity index (χ2n) is 6.90. The number of amides is 1. The van der Waals surface area contributed by atoms with Gasteiger partial charge in [-0.25, -0.2) is 8.42 Å². The number of carbonyl (C=O) groups excluding carboxylic acids is 1. The van der Waals surface area contributed by atoms with Crippen molar-refractivity contribution in [3.8, 4) is 0 Å². The average Bonchev–Trinajstić information content (AvgIpc) is 2.66. The van der Waals surface area contributed by atoms with Crippen LogP contribution in [-0.2, 0) is 21.2 Å². The number of hydrogen-bond donors (Lipinski definition) is 1. The molecule has 0 bridgehead atoms. The number of carbonyl (C=O) groups is 1. The normalized spacial score (nSPS) is 15.4. The van der Waals surface area contributed by atoms with E-state index in [2.05, 4.69) is 5.32 Å². The highest BCUT2D eigenvalue weighted by Crippen LogP contribution is 2.26. The Kier molecular flexibility index (Phi) is 6.65. The summed E-state index contributed by atoms with van der Waals surface area (Å²) in [6, 6.07) is 9.79. The van der Waals surface area contributed by atoms with Gasteiger partial charge < -0.3 is 5.32 Å². The Balaban J connectivity index is 1.78. The van der Waals surface area contributed by atoms with Crippen LogP contribution in [0.4, 0.5) is 5.69 Å². The van der Waals surface area contributed by atoms with Crippen LogP contribution in [0.3, 0.4) is 0 Å². The number of aryl methyl sites for hydroxylation is 1. The van der Waals surface area contributed by atoms with Crippen LogP contribution in [0.15, 0.2) is 41.3 Å². The Morgan fingerprint density at radius 2 is 1.79 bits per heavy atom. The summed E-state index contributed by atoms with van der Waals surface area (Å²) in [7, 11) is -3.56. The van der Waals surface area contributed by atoms with E-state index in [1.54, 1.807) is 30.3 Å². The van der Waals surface area contributed by atoms with Gasteiger partial charge in [-0.2, -0.15) is 4.31 Å². The number of halogens is 2. The summed E-state index contributed by atoms with van der Waals surface area (Å²) in [6.07, 6.45) is 2.86. The zero-order valence-electron chi connectivity index (χ0n) is 15.5. The number of nitrogens with zero attached hydrogens (tertiary/aromatic N) is 1. The SMILES string of the molecule is Cc1ccc(S(=O)(=O)N2CCCCC2)cc1NC(=O)Cc1ccc(Cl)cc1Cl. The van der Waals surface area contributed by atoms with Crippen molar-refractivity contribution in [3.05, 3.63) is 57.6 Å². The van der Waals surface area contributed by atoms with Crippen molar-refractivity contribution >= 4 is 44.8 Å².